The molecule has 118 valence electrons. The number of nitrogens with zero attached hydrogens (tertiary/aromatic N) is 2. The Morgan fingerprint density at radius 1 is 1.00 bits per heavy atom. The summed E-state index contributed by atoms with van der Waals surface area (Å²) in [5, 5.41) is 13.3. The van der Waals surface area contributed by atoms with Crippen LogP contribution in [0.1, 0.15) is 25.0 Å². The van der Waals surface area contributed by atoms with Crippen LogP contribution in [-0.4, -0.2) is 23.3 Å². The van der Waals surface area contributed by atoms with Gasteiger partial charge in [0.15, 0.2) is 0 Å². The quantitative estimate of drug-likeness (QED) is 0.675. The second-order valence-electron chi connectivity index (χ2n) is 5.41. The number of hydrogen-bond donors (Lipinski definition) is 1. The zero-order valence-electron chi connectivity index (χ0n) is 13.3. The molecule has 1 N–H and O–H groups in total. The molecule has 23 heavy (non-hydrogen) atoms. The molecule has 4 nitrogen and oxygen atoms in total. The Kier molecular flexibility index (Phi) is 5.17. The fourth-order valence-electron chi connectivity index (χ4n) is 2.63. The van der Waals surface area contributed by atoms with Gasteiger partial charge in [0, 0.05) is 17.2 Å². The summed E-state index contributed by atoms with van der Waals surface area (Å²) in [5.41, 5.74) is 1.18. The van der Waals surface area contributed by atoms with Crippen LogP contribution < -0.4 is 10.1 Å². The summed E-state index contributed by atoms with van der Waals surface area (Å²) in [7, 11) is 0. The van der Waals surface area contributed by atoms with Gasteiger partial charge in [-0.25, -0.2) is 0 Å². The molecule has 0 bridgehead atoms. The lowest BCUT2D eigenvalue weighted by molar-refractivity contribution is 0.197. The molecule has 0 saturated heterocycles. The first-order chi connectivity index (χ1) is 11.4. The van der Waals surface area contributed by atoms with Gasteiger partial charge in [-0.3, -0.25) is 0 Å². The van der Waals surface area contributed by atoms with Crippen LogP contribution in [0.2, 0.25) is 0 Å². The SMILES string of the molecule is CCNCC[C@@H](Oc1cccc2cnncc12)c1ccccc1. The second-order valence-corrected chi connectivity index (χ2v) is 5.41. The highest BCUT2D eigenvalue weighted by Gasteiger charge is 2.14. The van der Waals surface area contributed by atoms with Gasteiger partial charge in [0.1, 0.15) is 11.9 Å². The van der Waals surface area contributed by atoms with Crippen molar-refractivity contribution in [2.24, 2.45) is 0 Å². The van der Waals surface area contributed by atoms with Crippen molar-refractivity contribution in [3.8, 4) is 5.75 Å². The Labute approximate surface area is 136 Å². The molecule has 3 aromatic rings. The van der Waals surface area contributed by atoms with E-state index < -0.39 is 0 Å². The van der Waals surface area contributed by atoms with Gasteiger partial charge in [-0.2, -0.15) is 10.2 Å². The van der Waals surface area contributed by atoms with Crippen molar-refractivity contribution in [1.29, 1.82) is 0 Å². The monoisotopic (exact) mass is 307 g/mol. The molecule has 0 saturated carbocycles. The third-order valence-corrected chi connectivity index (χ3v) is 3.82. The van der Waals surface area contributed by atoms with E-state index >= 15 is 0 Å². The van der Waals surface area contributed by atoms with Gasteiger partial charge in [-0.1, -0.05) is 49.4 Å². The van der Waals surface area contributed by atoms with E-state index in [2.05, 4.69) is 34.6 Å². The molecule has 2 aromatic carbocycles. The van der Waals surface area contributed by atoms with E-state index in [1.807, 2.05) is 36.4 Å². The van der Waals surface area contributed by atoms with Crippen molar-refractivity contribution >= 4 is 10.8 Å². The first kappa shape index (κ1) is 15.4. The molecule has 0 aliphatic carbocycles. The number of nitrogens with one attached hydrogen (secondary N) is 1. The van der Waals surface area contributed by atoms with Gasteiger partial charge < -0.3 is 10.1 Å². The maximum Gasteiger partial charge on any atom is 0.129 e. The molecule has 0 aliphatic heterocycles. The third kappa shape index (κ3) is 3.85. The van der Waals surface area contributed by atoms with Gasteiger partial charge in [-0.05, 0) is 24.7 Å². The summed E-state index contributed by atoms with van der Waals surface area (Å²) in [6, 6.07) is 16.4. The predicted molar refractivity (Wildman–Crippen MR) is 92.5 cm³/mol. The first-order valence-corrected chi connectivity index (χ1v) is 8.00. The van der Waals surface area contributed by atoms with E-state index in [-0.39, 0.29) is 6.10 Å². The molecule has 0 unspecified atom stereocenters. The number of aromatic nitrogens is 2. The average Bonchev–Trinajstić information content (AvgIpc) is 2.62. The van der Waals surface area contributed by atoms with Crippen LogP contribution in [-0.2, 0) is 0 Å². The highest BCUT2D eigenvalue weighted by Crippen LogP contribution is 2.30. The lowest BCUT2D eigenvalue weighted by Crippen LogP contribution is -2.19. The molecule has 1 aromatic heterocycles. The summed E-state index contributed by atoms with van der Waals surface area (Å²) < 4.78 is 6.35. The van der Waals surface area contributed by atoms with E-state index in [1.165, 1.54) is 5.56 Å². The third-order valence-electron chi connectivity index (χ3n) is 3.82. The topological polar surface area (TPSA) is 47.0 Å². The second kappa shape index (κ2) is 7.70. The van der Waals surface area contributed by atoms with Gasteiger partial charge in [0.2, 0.25) is 0 Å². The average molecular weight is 307 g/mol. The Bertz CT molecular complexity index is 740. The number of benzene rings is 2. The Balaban J connectivity index is 1.87. The van der Waals surface area contributed by atoms with Crippen molar-refractivity contribution in [3.05, 3.63) is 66.5 Å². The molecule has 3 rings (SSSR count). The lowest BCUT2D eigenvalue weighted by atomic mass is 10.1. The smallest absolute Gasteiger partial charge is 0.129 e. The van der Waals surface area contributed by atoms with Crippen molar-refractivity contribution < 1.29 is 4.74 Å². The van der Waals surface area contributed by atoms with Crippen LogP contribution in [0.25, 0.3) is 10.8 Å². The van der Waals surface area contributed by atoms with Gasteiger partial charge in [0.25, 0.3) is 0 Å². The van der Waals surface area contributed by atoms with Crippen LogP contribution in [0.3, 0.4) is 0 Å². The predicted octanol–water partition coefficient (Wildman–Crippen LogP) is 3.75. The lowest BCUT2D eigenvalue weighted by Gasteiger charge is -2.21. The number of rotatable bonds is 7. The summed E-state index contributed by atoms with van der Waals surface area (Å²) in [6.45, 7) is 3.99. The van der Waals surface area contributed by atoms with Crippen molar-refractivity contribution in [3.63, 3.8) is 0 Å². The van der Waals surface area contributed by atoms with E-state index in [1.54, 1.807) is 12.4 Å². The summed E-state index contributed by atoms with van der Waals surface area (Å²) in [4.78, 5) is 0. The van der Waals surface area contributed by atoms with Crippen LogP contribution in [0.4, 0.5) is 0 Å². The maximum atomic E-state index is 6.35. The minimum absolute atomic E-state index is 0.00835. The van der Waals surface area contributed by atoms with Crippen molar-refractivity contribution in [1.82, 2.24) is 15.5 Å². The number of hydrogen-bond acceptors (Lipinski definition) is 4. The summed E-state index contributed by atoms with van der Waals surface area (Å²) in [5.74, 6) is 0.850. The van der Waals surface area contributed by atoms with Crippen molar-refractivity contribution in [2.75, 3.05) is 13.1 Å². The normalized spacial score (nSPS) is 12.2. The van der Waals surface area contributed by atoms with Gasteiger partial charge in [-0.15, -0.1) is 0 Å². The Morgan fingerprint density at radius 2 is 1.83 bits per heavy atom. The van der Waals surface area contributed by atoms with Gasteiger partial charge in [0.05, 0.1) is 12.4 Å². The van der Waals surface area contributed by atoms with Crippen LogP contribution in [0.5, 0.6) is 5.75 Å². The molecular weight excluding hydrogens is 286 g/mol. The van der Waals surface area contributed by atoms with Crippen LogP contribution >= 0.6 is 0 Å². The highest BCUT2D eigenvalue weighted by molar-refractivity contribution is 5.86. The largest absolute Gasteiger partial charge is 0.485 e. The number of ether oxygens (including phenoxy) is 1. The maximum absolute atomic E-state index is 6.35. The molecular formula is C19H21N3O. The molecule has 0 spiro atoms. The molecule has 1 atom stereocenters. The van der Waals surface area contributed by atoms with E-state index in [4.69, 9.17) is 4.74 Å². The Hall–Kier alpha value is -2.46. The van der Waals surface area contributed by atoms with Gasteiger partial charge >= 0.3 is 0 Å². The fraction of sp³-hybridized carbons (Fsp3) is 0.263. The molecule has 0 aliphatic rings. The minimum Gasteiger partial charge on any atom is -0.485 e. The zero-order valence-corrected chi connectivity index (χ0v) is 13.3. The first-order valence-electron chi connectivity index (χ1n) is 8.00. The Morgan fingerprint density at radius 3 is 2.65 bits per heavy atom. The van der Waals surface area contributed by atoms with Crippen LogP contribution in [0.15, 0.2) is 60.9 Å². The van der Waals surface area contributed by atoms with Crippen molar-refractivity contribution in [2.45, 2.75) is 19.4 Å². The molecule has 0 fully saturated rings. The zero-order chi connectivity index (χ0) is 15.9. The minimum atomic E-state index is 0.00835. The molecule has 0 radical (unpaired) electrons. The summed E-state index contributed by atoms with van der Waals surface area (Å²) in [6.07, 6.45) is 4.44. The van der Waals surface area contributed by atoms with Crippen LogP contribution in [0, 0.1) is 0 Å². The molecule has 1 heterocycles. The number of fused-ring (bicyclic) bond motifs is 1. The fourth-order valence-corrected chi connectivity index (χ4v) is 2.63. The van der Waals surface area contributed by atoms with E-state index in [0.29, 0.717) is 0 Å². The molecule has 0 amide bonds. The standard InChI is InChI=1S/C19H21N3O/c1-2-20-12-11-18(15-7-4-3-5-8-15)23-19-10-6-9-16-13-21-22-14-17(16)19/h3-10,13-14,18,20H,2,11-12H2,1H3/t18-/m1/s1. The highest BCUT2D eigenvalue weighted by atomic mass is 16.5. The van der Waals surface area contributed by atoms with E-state index in [9.17, 15) is 0 Å². The molecule has 4 heteroatoms. The summed E-state index contributed by atoms with van der Waals surface area (Å²) >= 11 is 0. The van der Waals surface area contributed by atoms with E-state index in [0.717, 1.165) is 36.0 Å².